The van der Waals surface area contributed by atoms with E-state index in [1.165, 1.54) is 17.5 Å². The first-order valence-corrected chi connectivity index (χ1v) is 7.51. The van der Waals surface area contributed by atoms with Crippen LogP contribution in [0.25, 0.3) is 0 Å². The average Bonchev–Trinajstić information content (AvgIpc) is 2.36. The lowest BCUT2D eigenvalue weighted by Gasteiger charge is -2.17. The summed E-state index contributed by atoms with van der Waals surface area (Å²) < 4.78 is 5.99. The van der Waals surface area contributed by atoms with E-state index in [1.54, 1.807) is 0 Å². The van der Waals surface area contributed by atoms with Gasteiger partial charge in [-0.1, -0.05) is 32.9 Å². The van der Waals surface area contributed by atoms with Crippen molar-refractivity contribution in [3.63, 3.8) is 0 Å². The van der Waals surface area contributed by atoms with E-state index in [2.05, 4.69) is 58.1 Å². The van der Waals surface area contributed by atoms with Crippen LogP contribution < -0.4 is 10.1 Å². The molecule has 0 spiro atoms. The van der Waals surface area contributed by atoms with E-state index in [0.29, 0.717) is 12.0 Å². The van der Waals surface area contributed by atoms with E-state index in [9.17, 15) is 0 Å². The molecule has 0 aliphatic rings. The molecule has 1 unspecified atom stereocenters. The molecule has 0 aliphatic carbocycles. The predicted octanol–water partition coefficient (Wildman–Crippen LogP) is 4.28. The van der Waals surface area contributed by atoms with Crippen molar-refractivity contribution in [2.45, 2.75) is 59.4 Å². The Morgan fingerprint density at radius 1 is 1.21 bits per heavy atom. The predicted molar refractivity (Wildman–Crippen MR) is 83.1 cm³/mol. The summed E-state index contributed by atoms with van der Waals surface area (Å²) in [5.41, 5.74) is 2.57. The minimum atomic E-state index is 0.506. The van der Waals surface area contributed by atoms with Gasteiger partial charge in [-0.2, -0.15) is 0 Å². The summed E-state index contributed by atoms with van der Waals surface area (Å²) in [5.74, 6) is 1.56. The zero-order chi connectivity index (χ0) is 14.3. The lowest BCUT2D eigenvalue weighted by molar-refractivity contribution is 0.286. The Morgan fingerprint density at radius 2 is 1.95 bits per heavy atom. The Bertz CT molecular complexity index is 374. The molecule has 1 aromatic carbocycles. The summed E-state index contributed by atoms with van der Waals surface area (Å²) in [7, 11) is 0. The van der Waals surface area contributed by atoms with Crippen molar-refractivity contribution in [2.24, 2.45) is 0 Å². The standard InChI is InChI=1S/C17H29NO/c1-6-10-18-15(5)9-11-19-17-12-14(4)7-8-16(17)13(2)3/h7-8,12-13,15,18H,6,9-11H2,1-5H3. The second kappa shape index (κ2) is 8.21. The number of aryl methyl sites for hydroxylation is 1. The van der Waals surface area contributed by atoms with Crippen LogP contribution in [-0.4, -0.2) is 19.2 Å². The van der Waals surface area contributed by atoms with Crippen molar-refractivity contribution < 1.29 is 4.74 Å². The number of ether oxygens (including phenoxy) is 1. The third-order valence-corrected chi connectivity index (χ3v) is 3.34. The number of benzene rings is 1. The molecule has 2 nitrogen and oxygen atoms in total. The molecule has 0 aromatic heterocycles. The molecule has 1 atom stereocenters. The second-order valence-corrected chi connectivity index (χ2v) is 5.69. The molecular formula is C17H29NO. The highest BCUT2D eigenvalue weighted by atomic mass is 16.5. The summed E-state index contributed by atoms with van der Waals surface area (Å²) in [6.07, 6.45) is 2.23. The molecule has 2 heteroatoms. The molecule has 0 bridgehead atoms. The molecule has 19 heavy (non-hydrogen) atoms. The highest BCUT2D eigenvalue weighted by molar-refractivity contribution is 5.39. The Labute approximate surface area is 118 Å². The van der Waals surface area contributed by atoms with Crippen LogP contribution in [0, 0.1) is 6.92 Å². The molecular weight excluding hydrogens is 234 g/mol. The van der Waals surface area contributed by atoms with Crippen LogP contribution in [0.2, 0.25) is 0 Å². The maximum Gasteiger partial charge on any atom is 0.123 e. The number of nitrogens with one attached hydrogen (secondary N) is 1. The molecule has 1 rings (SSSR count). The van der Waals surface area contributed by atoms with Gasteiger partial charge in [-0.05, 0) is 56.3 Å². The Hall–Kier alpha value is -1.02. The second-order valence-electron chi connectivity index (χ2n) is 5.69. The van der Waals surface area contributed by atoms with E-state index in [0.717, 1.165) is 25.3 Å². The van der Waals surface area contributed by atoms with Crippen molar-refractivity contribution in [3.8, 4) is 5.75 Å². The molecule has 1 N–H and O–H groups in total. The van der Waals surface area contributed by atoms with Gasteiger partial charge < -0.3 is 10.1 Å². The third kappa shape index (κ3) is 5.65. The molecule has 0 aliphatic heterocycles. The zero-order valence-corrected chi connectivity index (χ0v) is 13.1. The first kappa shape index (κ1) is 16.0. The van der Waals surface area contributed by atoms with Gasteiger partial charge in [0.25, 0.3) is 0 Å². The molecule has 108 valence electrons. The zero-order valence-electron chi connectivity index (χ0n) is 13.1. The monoisotopic (exact) mass is 263 g/mol. The normalized spacial score (nSPS) is 12.7. The lowest BCUT2D eigenvalue weighted by Crippen LogP contribution is -2.28. The molecule has 0 amide bonds. The first-order valence-electron chi connectivity index (χ1n) is 7.51. The van der Waals surface area contributed by atoms with Gasteiger partial charge >= 0.3 is 0 Å². The largest absolute Gasteiger partial charge is 0.493 e. The first-order chi connectivity index (χ1) is 9.04. The average molecular weight is 263 g/mol. The van der Waals surface area contributed by atoms with Crippen molar-refractivity contribution >= 4 is 0 Å². The van der Waals surface area contributed by atoms with Crippen molar-refractivity contribution in [2.75, 3.05) is 13.2 Å². The summed E-state index contributed by atoms with van der Waals surface area (Å²) in [4.78, 5) is 0. The Kier molecular flexibility index (Phi) is 6.93. The van der Waals surface area contributed by atoms with Crippen LogP contribution >= 0.6 is 0 Å². The van der Waals surface area contributed by atoms with E-state index in [-0.39, 0.29) is 0 Å². The van der Waals surface area contributed by atoms with E-state index in [1.807, 2.05) is 0 Å². The lowest BCUT2D eigenvalue weighted by atomic mass is 10.0. The van der Waals surface area contributed by atoms with Gasteiger partial charge in [0.2, 0.25) is 0 Å². The highest BCUT2D eigenvalue weighted by Gasteiger charge is 2.08. The minimum Gasteiger partial charge on any atom is -0.493 e. The summed E-state index contributed by atoms with van der Waals surface area (Å²) >= 11 is 0. The van der Waals surface area contributed by atoms with Gasteiger partial charge in [0.1, 0.15) is 5.75 Å². The number of rotatable bonds is 8. The Morgan fingerprint density at radius 3 is 2.58 bits per heavy atom. The summed E-state index contributed by atoms with van der Waals surface area (Å²) in [6.45, 7) is 12.8. The number of hydrogen-bond acceptors (Lipinski definition) is 2. The molecule has 0 fully saturated rings. The molecule has 1 aromatic rings. The van der Waals surface area contributed by atoms with E-state index < -0.39 is 0 Å². The quantitative estimate of drug-likeness (QED) is 0.756. The smallest absolute Gasteiger partial charge is 0.123 e. The van der Waals surface area contributed by atoms with Gasteiger partial charge in [-0.3, -0.25) is 0 Å². The fourth-order valence-corrected chi connectivity index (χ4v) is 2.08. The number of hydrogen-bond donors (Lipinski definition) is 1. The van der Waals surface area contributed by atoms with Crippen LogP contribution in [0.1, 0.15) is 57.6 Å². The van der Waals surface area contributed by atoms with Gasteiger partial charge in [0.05, 0.1) is 6.61 Å². The molecule has 0 radical (unpaired) electrons. The van der Waals surface area contributed by atoms with Gasteiger partial charge in [-0.15, -0.1) is 0 Å². The van der Waals surface area contributed by atoms with Crippen LogP contribution in [-0.2, 0) is 0 Å². The molecule has 0 saturated heterocycles. The van der Waals surface area contributed by atoms with Crippen LogP contribution in [0.5, 0.6) is 5.75 Å². The van der Waals surface area contributed by atoms with E-state index in [4.69, 9.17) is 4.74 Å². The van der Waals surface area contributed by atoms with Crippen molar-refractivity contribution in [3.05, 3.63) is 29.3 Å². The third-order valence-electron chi connectivity index (χ3n) is 3.34. The maximum atomic E-state index is 5.99. The van der Waals surface area contributed by atoms with Gasteiger partial charge in [0, 0.05) is 6.04 Å². The van der Waals surface area contributed by atoms with Gasteiger partial charge in [-0.25, -0.2) is 0 Å². The Balaban J connectivity index is 2.50. The summed E-state index contributed by atoms with van der Waals surface area (Å²) in [6, 6.07) is 7.02. The van der Waals surface area contributed by atoms with Gasteiger partial charge in [0.15, 0.2) is 0 Å². The van der Waals surface area contributed by atoms with Crippen molar-refractivity contribution in [1.29, 1.82) is 0 Å². The maximum absolute atomic E-state index is 5.99. The highest BCUT2D eigenvalue weighted by Crippen LogP contribution is 2.27. The topological polar surface area (TPSA) is 21.3 Å². The fraction of sp³-hybridized carbons (Fsp3) is 0.647. The van der Waals surface area contributed by atoms with Crippen LogP contribution in [0.4, 0.5) is 0 Å². The van der Waals surface area contributed by atoms with E-state index >= 15 is 0 Å². The SMILES string of the molecule is CCCNC(C)CCOc1cc(C)ccc1C(C)C. The summed E-state index contributed by atoms with van der Waals surface area (Å²) in [5, 5.41) is 3.49. The molecule has 0 saturated carbocycles. The minimum absolute atomic E-state index is 0.506. The van der Waals surface area contributed by atoms with Crippen LogP contribution in [0.15, 0.2) is 18.2 Å². The van der Waals surface area contributed by atoms with Crippen LogP contribution in [0.3, 0.4) is 0 Å². The van der Waals surface area contributed by atoms with Crippen molar-refractivity contribution in [1.82, 2.24) is 5.32 Å². The molecule has 0 heterocycles. The fourth-order valence-electron chi connectivity index (χ4n) is 2.08.